The van der Waals surface area contributed by atoms with Gasteiger partial charge in [0.05, 0.1) is 11.2 Å². The van der Waals surface area contributed by atoms with E-state index in [1.807, 2.05) is 0 Å². The molecule has 1 aliphatic heterocycles. The summed E-state index contributed by atoms with van der Waals surface area (Å²) in [7, 11) is 0. The van der Waals surface area contributed by atoms with Crippen molar-refractivity contribution in [2.24, 2.45) is 0 Å². The van der Waals surface area contributed by atoms with Crippen LogP contribution in [-0.2, 0) is 5.54 Å². The molecular formula is C13H23N3. The lowest BCUT2D eigenvalue weighted by Gasteiger charge is -2.32. The molecule has 1 aliphatic rings. The van der Waals surface area contributed by atoms with Crippen molar-refractivity contribution in [3.8, 4) is 0 Å². The smallest absolute Gasteiger partial charge is 0.127 e. The summed E-state index contributed by atoms with van der Waals surface area (Å²) >= 11 is 0. The third kappa shape index (κ3) is 2.23. The predicted molar refractivity (Wildman–Crippen MR) is 68.0 cm³/mol. The molecule has 0 radical (unpaired) electrons. The van der Waals surface area contributed by atoms with Crippen molar-refractivity contribution >= 4 is 5.82 Å². The highest BCUT2D eigenvalue weighted by molar-refractivity contribution is 5.42. The first-order chi connectivity index (χ1) is 7.48. The van der Waals surface area contributed by atoms with E-state index in [1.54, 1.807) is 0 Å². The van der Waals surface area contributed by atoms with Crippen LogP contribution in [0.3, 0.4) is 0 Å². The molecule has 0 aromatic carbocycles. The Kier molecular flexibility index (Phi) is 2.96. The highest BCUT2D eigenvalue weighted by atomic mass is 15.4. The zero-order valence-electron chi connectivity index (χ0n) is 11.0. The Morgan fingerprint density at radius 1 is 1.12 bits per heavy atom. The normalized spacial score (nSPS) is 17.9. The van der Waals surface area contributed by atoms with E-state index in [2.05, 4.69) is 48.4 Å². The molecule has 0 bridgehead atoms. The van der Waals surface area contributed by atoms with Crippen molar-refractivity contribution in [3.63, 3.8) is 0 Å². The molecule has 0 unspecified atom stereocenters. The van der Waals surface area contributed by atoms with E-state index in [1.165, 1.54) is 38.2 Å². The van der Waals surface area contributed by atoms with Gasteiger partial charge in [-0.05, 0) is 47.0 Å². The molecular weight excluding hydrogens is 198 g/mol. The first kappa shape index (κ1) is 11.5. The Bertz CT molecular complexity index is 354. The maximum Gasteiger partial charge on any atom is 0.127 e. The Morgan fingerprint density at radius 2 is 1.75 bits per heavy atom. The van der Waals surface area contributed by atoms with Crippen LogP contribution in [0.1, 0.15) is 45.7 Å². The summed E-state index contributed by atoms with van der Waals surface area (Å²) in [5.74, 6) is 1.30. The van der Waals surface area contributed by atoms with Crippen molar-refractivity contribution in [2.45, 2.75) is 52.5 Å². The summed E-state index contributed by atoms with van der Waals surface area (Å²) in [5, 5.41) is 4.63. The number of hydrogen-bond donors (Lipinski definition) is 0. The van der Waals surface area contributed by atoms with Crippen LogP contribution < -0.4 is 4.90 Å². The number of anilines is 1. The van der Waals surface area contributed by atoms with Gasteiger partial charge >= 0.3 is 0 Å². The van der Waals surface area contributed by atoms with Gasteiger partial charge in [0.15, 0.2) is 0 Å². The Labute approximate surface area is 98.4 Å². The Morgan fingerprint density at radius 3 is 2.31 bits per heavy atom. The highest BCUT2D eigenvalue weighted by Gasteiger charge is 2.23. The summed E-state index contributed by atoms with van der Waals surface area (Å²) in [6, 6.07) is 2.22. The fourth-order valence-electron chi connectivity index (χ4n) is 2.33. The second-order valence-corrected chi connectivity index (χ2v) is 5.77. The topological polar surface area (TPSA) is 21.1 Å². The predicted octanol–water partition coefficient (Wildman–Crippen LogP) is 2.94. The van der Waals surface area contributed by atoms with Crippen LogP contribution in [0.5, 0.6) is 0 Å². The molecule has 1 aromatic heterocycles. The van der Waals surface area contributed by atoms with E-state index in [0.29, 0.717) is 0 Å². The number of hydrogen-bond acceptors (Lipinski definition) is 2. The van der Waals surface area contributed by atoms with Crippen LogP contribution >= 0.6 is 0 Å². The fourth-order valence-corrected chi connectivity index (χ4v) is 2.33. The van der Waals surface area contributed by atoms with Crippen molar-refractivity contribution in [2.75, 3.05) is 18.0 Å². The summed E-state index contributed by atoms with van der Waals surface area (Å²) in [6.45, 7) is 11.1. The standard InChI is InChI=1S/C13H23N3/c1-11-10-12(15-8-6-5-7-9-15)16(14-11)13(2,3)4/h10H,5-9H2,1-4H3. The lowest BCUT2D eigenvalue weighted by atomic mass is 10.1. The third-order valence-corrected chi connectivity index (χ3v) is 3.13. The molecule has 90 valence electrons. The van der Waals surface area contributed by atoms with Gasteiger partial charge in [0.25, 0.3) is 0 Å². The summed E-state index contributed by atoms with van der Waals surface area (Å²) in [6.07, 6.45) is 4.00. The van der Waals surface area contributed by atoms with Gasteiger partial charge in [-0.3, -0.25) is 0 Å². The van der Waals surface area contributed by atoms with E-state index in [-0.39, 0.29) is 5.54 Å². The Hall–Kier alpha value is -0.990. The zero-order chi connectivity index (χ0) is 11.8. The molecule has 3 heteroatoms. The van der Waals surface area contributed by atoms with Gasteiger partial charge in [-0.2, -0.15) is 5.10 Å². The van der Waals surface area contributed by atoms with Crippen LogP contribution in [0, 0.1) is 6.92 Å². The van der Waals surface area contributed by atoms with Crippen LogP contribution in [-0.4, -0.2) is 22.9 Å². The molecule has 1 saturated heterocycles. The summed E-state index contributed by atoms with van der Waals surface area (Å²) in [5.41, 5.74) is 1.19. The van der Waals surface area contributed by atoms with Gasteiger partial charge in [-0.15, -0.1) is 0 Å². The molecule has 0 saturated carbocycles. The molecule has 3 nitrogen and oxygen atoms in total. The van der Waals surface area contributed by atoms with Crippen molar-refractivity contribution in [3.05, 3.63) is 11.8 Å². The first-order valence-electron chi connectivity index (χ1n) is 6.30. The average molecular weight is 221 g/mol. The van der Waals surface area contributed by atoms with E-state index in [4.69, 9.17) is 0 Å². The molecule has 1 aromatic rings. The lowest BCUT2D eigenvalue weighted by Crippen LogP contribution is -2.35. The van der Waals surface area contributed by atoms with Crippen molar-refractivity contribution < 1.29 is 0 Å². The van der Waals surface area contributed by atoms with Gasteiger partial charge < -0.3 is 4.90 Å². The molecule has 0 amide bonds. The van der Waals surface area contributed by atoms with Crippen LogP contribution in [0.2, 0.25) is 0 Å². The molecule has 0 aliphatic carbocycles. The zero-order valence-corrected chi connectivity index (χ0v) is 11.0. The van der Waals surface area contributed by atoms with E-state index in [9.17, 15) is 0 Å². The second kappa shape index (κ2) is 4.11. The molecule has 0 atom stereocenters. The van der Waals surface area contributed by atoms with E-state index < -0.39 is 0 Å². The molecule has 2 heterocycles. The molecule has 1 fully saturated rings. The van der Waals surface area contributed by atoms with Gasteiger partial charge in [0.2, 0.25) is 0 Å². The number of aromatic nitrogens is 2. The van der Waals surface area contributed by atoms with Crippen molar-refractivity contribution in [1.29, 1.82) is 0 Å². The van der Waals surface area contributed by atoms with Gasteiger partial charge in [-0.1, -0.05) is 0 Å². The van der Waals surface area contributed by atoms with Crippen LogP contribution in [0.4, 0.5) is 5.82 Å². The average Bonchev–Trinajstić information content (AvgIpc) is 2.61. The Balaban J connectivity index is 2.31. The van der Waals surface area contributed by atoms with Gasteiger partial charge in [0, 0.05) is 19.2 Å². The monoisotopic (exact) mass is 221 g/mol. The largest absolute Gasteiger partial charge is 0.357 e. The first-order valence-corrected chi connectivity index (χ1v) is 6.30. The molecule has 0 N–H and O–H groups in total. The lowest BCUT2D eigenvalue weighted by molar-refractivity contribution is 0.351. The second-order valence-electron chi connectivity index (χ2n) is 5.77. The van der Waals surface area contributed by atoms with E-state index >= 15 is 0 Å². The summed E-state index contributed by atoms with van der Waals surface area (Å²) in [4.78, 5) is 2.48. The quantitative estimate of drug-likeness (QED) is 0.727. The molecule has 2 rings (SSSR count). The number of piperidine rings is 1. The van der Waals surface area contributed by atoms with Gasteiger partial charge in [-0.25, -0.2) is 4.68 Å². The fraction of sp³-hybridized carbons (Fsp3) is 0.769. The third-order valence-electron chi connectivity index (χ3n) is 3.13. The SMILES string of the molecule is Cc1cc(N2CCCCC2)n(C(C)(C)C)n1. The number of aryl methyl sites for hydroxylation is 1. The number of nitrogens with zero attached hydrogens (tertiary/aromatic N) is 3. The molecule has 0 spiro atoms. The van der Waals surface area contributed by atoms with E-state index in [0.717, 1.165) is 5.69 Å². The van der Waals surface area contributed by atoms with Crippen LogP contribution in [0.25, 0.3) is 0 Å². The molecule has 16 heavy (non-hydrogen) atoms. The summed E-state index contributed by atoms with van der Waals surface area (Å²) < 4.78 is 2.17. The minimum absolute atomic E-state index is 0.0705. The minimum Gasteiger partial charge on any atom is -0.357 e. The highest BCUT2D eigenvalue weighted by Crippen LogP contribution is 2.26. The number of rotatable bonds is 1. The van der Waals surface area contributed by atoms with Crippen LogP contribution in [0.15, 0.2) is 6.07 Å². The van der Waals surface area contributed by atoms with Crippen molar-refractivity contribution in [1.82, 2.24) is 9.78 Å². The van der Waals surface area contributed by atoms with Gasteiger partial charge in [0.1, 0.15) is 5.82 Å². The maximum atomic E-state index is 4.63. The minimum atomic E-state index is 0.0705. The maximum absolute atomic E-state index is 4.63.